The van der Waals surface area contributed by atoms with Gasteiger partial charge in [0.05, 0.1) is 7.11 Å². The fourth-order valence-corrected chi connectivity index (χ4v) is 3.74. The molecule has 4 aromatic rings. The predicted molar refractivity (Wildman–Crippen MR) is 128 cm³/mol. The molecule has 0 bridgehead atoms. The van der Waals surface area contributed by atoms with Crippen LogP contribution in [0.2, 0.25) is 5.02 Å². The highest BCUT2D eigenvalue weighted by molar-refractivity contribution is 6.31. The van der Waals surface area contributed by atoms with Gasteiger partial charge in [-0.05, 0) is 42.0 Å². The fraction of sp³-hybridized carbons (Fsp3) is 0.154. The van der Waals surface area contributed by atoms with Crippen LogP contribution in [0.4, 0.5) is 4.39 Å². The molecule has 1 N–H and O–H groups in total. The van der Waals surface area contributed by atoms with E-state index in [0.717, 1.165) is 5.56 Å². The van der Waals surface area contributed by atoms with Crippen LogP contribution in [0.1, 0.15) is 33.4 Å². The van der Waals surface area contributed by atoms with Gasteiger partial charge in [-0.15, -0.1) is 0 Å². The molecule has 0 radical (unpaired) electrons. The average molecular weight is 480 g/mol. The Morgan fingerprint density at radius 1 is 1.12 bits per heavy atom. The van der Waals surface area contributed by atoms with E-state index >= 15 is 0 Å². The molecule has 1 aromatic heterocycles. The monoisotopic (exact) mass is 479 g/mol. The Balaban J connectivity index is 1.56. The minimum Gasteiger partial charge on any atom is -0.493 e. The topological polar surface area (TPSA) is 65.4 Å². The maximum atomic E-state index is 13.9. The van der Waals surface area contributed by atoms with Crippen LogP contribution in [-0.4, -0.2) is 22.6 Å². The summed E-state index contributed by atoms with van der Waals surface area (Å²) in [5.74, 6) is 0.690. The molecule has 1 unspecified atom stereocenters. The van der Waals surface area contributed by atoms with Crippen LogP contribution < -0.4 is 14.8 Å². The van der Waals surface area contributed by atoms with E-state index in [2.05, 4.69) is 10.3 Å². The van der Waals surface area contributed by atoms with Crippen molar-refractivity contribution in [2.45, 2.75) is 12.6 Å². The zero-order valence-corrected chi connectivity index (χ0v) is 19.4. The molecule has 3 aromatic carbocycles. The Morgan fingerprint density at radius 2 is 1.94 bits per heavy atom. The van der Waals surface area contributed by atoms with Crippen LogP contribution in [0.15, 0.2) is 79.1 Å². The molecule has 8 heteroatoms. The van der Waals surface area contributed by atoms with Crippen molar-refractivity contribution in [2.24, 2.45) is 7.05 Å². The Labute approximate surface area is 201 Å². The number of methoxy groups -OCH3 is 1. The standard InChI is InChI=1S/C26H23ClFN3O3/c1-31-13-12-29-25(31)24(17-7-5-8-20(28)14-17)30-26(32)18-10-11-22(23(15-18)33-2)34-16-19-6-3-4-9-21(19)27/h3-15,24H,16H2,1-2H3,(H,30,32). The highest BCUT2D eigenvalue weighted by atomic mass is 35.5. The number of nitrogens with zero attached hydrogens (tertiary/aromatic N) is 2. The van der Waals surface area contributed by atoms with Gasteiger partial charge in [-0.1, -0.05) is 41.9 Å². The first-order chi connectivity index (χ1) is 16.5. The number of hydrogen-bond acceptors (Lipinski definition) is 4. The summed E-state index contributed by atoms with van der Waals surface area (Å²) in [7, 11) is 3.32. The lowest BCUT2D eigenvalue weighted by Gasteiger charge is -2.20. The lowest BCUT2D eigenvalue weighted by molar-refractivity contribution is 0.0940. The summed E-state index contributed by atoms with van der Waals surface area (Å²) in [6, 6.07) is 17.7. The Bertz CT molecular complexity index is 1310. The van der Waals surface area contributed by atoms with Gasteiger partial charge in [-0.3, -0.25) is 4.79 Å². The van der Waals surface area contributed by atoms with E-state index in [1.807, 2.05) is 25.2 Å². The lowest BCUT2D eigenvalue weighted by atomic mass is 10.0. The Hall–Kier alpha value is -3.84. The molecule has 6 nitrogen and oxygen atoms in total. The van der Waals surface area contributed by atoms with Crippen molar-refractivity contribution in [3.8, 4) is 11.5 Å². The van der Waals surface area contributed by atoms with E-state index in [9.17, 15) is 9.18 Å². The van der Waals surface area contributed by atoms with Crippen LogP contribution in [0.25, 0.3) is 0 Å². The molecule has 0 saturated heterocycles. The maximum Gasteiger partial charge on any atom is 0.252 e. The number of aromatic nitrogens is 2. The van der Waals surface area contributed by atoms with Gasteiger partial charge >= 0.3 is 0 Å². The molecular formula is C26H23ClFN3O3. The van der Waals surface area contributed by atoms with E-state index < -0.39 is 11.9 Å². The van der Waals surface area contributed by atoms with Gasteiger partial charge < -0.3 is 19.4 Å². The van der Waals surface area contributed by atoms with Crippen molar-refractivity contribution in [1.29, 1.82) is 0 Å². The largest absolute Gasteiger partial charge is 0.493 e. The third kappa shape index (κ3) is 5.21. The average Bonchev–Trinajstić information content (AvgIpc) is 3.27. The van der Waals surface area contributed by atoms with Crippen molar-refractivity contribution < 1.29 is 18.7 Å². The first-order valence-electron chi connectivity index (χ1n) is 10.5. The Morgan fingerprint density at radius 3 is 2.65 bits per heavy atom. The number of hydrogen-bond donors (Lipinski definition) is 1. The van der Waals surface area contributed by atoms with Gasteiger partial charge in [0, 0.05) is 35.6 Å². The summed E-state index contributed by atoms with van der Waals surface area (Å²) in [4.78, 5) is 17.5. The molecule has 0 saturated carbocycles. The second-order valence-electron chi connectivity index (χ2n) is 7.60. The molecular weight excluding hydrogens is 457 g/mol. The number of rotatable bonds is 8. The quantitative estimate of drug-likeness (QED) is 0.371. The molecule has 34 heavy (non-hydrogen) atoms. The van der Waals surface area contributed by atoms with Gasteiger partial charge in [-0.25, -0.2) is 9.37 Å². The van der Waals surface area contributed by atoms with Gasteiger partial charge in [-0.2, -0.15) is 0 Å². The number of carbonyl (C=O) groups excluding carboxylic acids is 1. The van der Waals surface area contributed by atoms with Gasteiger partial charge in [0.15, 0.2) is 11.5 Å². The molecule has 1 heterocycles. The van der Waals surface area contributed by atoms with Crippen LogP contribution in [0.5, 0.6) is 11.5 Å². The Kier molecular flexibility index (Phi) is 7.13. The highest BCUT2D eigenvalue weighted by Gasteiger charge is 2.22. The van der Waals surface area contributed by atoms with Crippen molar-refractivity contribution >= 4 is 17.5 Å². The van der Waals surface area contributed by atoms with E-state index in [1.54, 1.807) is 53.4 Å². The minimum atomic E-state index is -0.648. The van der Waals surface area contributed by atoms with Crippen molar-refractivity contribution in [3.05, 3.63) is 112 Å². The summed E-state index contributed by atoms with van der Waals surface area (Å²) < 4.78 is 27.0. The van der Waals surface area contributed by atoms with E-state index in [4.69, 9.17) is 21.1 Å². The summed E-state index contributed by atoms with van der Waals surface area (Å²) in [5.41, 5.74) is 1.77. The predicted octanol–water partition coefficient (Wildman–Crippen LogP) is 5.32. The third-order valence-electron chi connectivity index (χ3n) is 5.34. The number of imidazole rings is 1. The zero-order chi connectivity index (χ0) is 24.1. The van der Waals surface area contributed by atoms with Gasteiger partial charge in [0.2, 0.25) is 0 Å². The number of nitrogens with one attached hydrogen (secondary N) is 1. The first-order valence-corrected chi connectivity index (χ1v) is 10.9. The molecule has 1 amide bonds. The van der Waals surface area contributed by atoms with Crippen LogP contribution in [0.3, 0.4) is 0 Å². The summed E-state index contributed by atoms with van der Waals surface area (Å²) in [6.45, 7) is 0.252. The molecule has 174 valence electrons. The summed E-state index contributed by atoms with van der Waals surface area (Å²) in [5, 5.41) is 3.56. The summed E-state index contributed by atoms with van der Waals surface area (Å²) >= 11 is 6.20. The van der Waals surface area contributed by atoms with E-state index in [0.29, 0.717) is 33.5 Å². The summed E-state index contributed by atoms with van der Waals surface area (Å²) in [6.07, 6.45) is 3.39. The molecule has 0 aliphatic carbocycles. The molecule has 1 atom stereocenters. The molecule has 4 rings (SSSR count). The lowest BCUT2D eigenvalue weighted by Crippen LogP contribution is -2.31. The van der Waals surface area contributed by atoms with Gasteiger partial charge in [0.1, 0.15) is 24.3 Å². The molecule has 0 spiro atoms. The number of halogens is 2. The van der Waals surface area contributed by atoms with Crippen molar-refractivity contribution in [3.63, 3.8) is 0 Å². The SMILES string of the molecule is COc1cc(C(=O)NC(c2cccc(F)c2)c2nccn2C)ccc1OCc1ccccc1Cl. The number of ether oxygens (including phenoxy) is 2. The normalized spacial score (nSPS) is 11.6. The zero-order valence-electron chi connectivity index (χ0n) is 18.7. The first kappa shape index (κ1) is 23.3. The smallest absolute Gasteiger partial charge is 0.252 e. The van der Waals surface area contributed by atoms with E-state index in [-0.39, 0.29) is 12.5 Å². The molecule has 0 aliphatic rings. The van der Waals surface area contributed by atoms with Crippen LogP contribution in [-0.2, 0) is 13.7 Å². The van der Waals surface area contributed by atoms with Crippen LogP contribution in [0, 0.1) is 5.82 Å². The number of amides is 1. The maximum absolute atomic E-state index is 13.9. The van der Waals surface area contributed by atoms with Crippen molar-refractivity contribution in [1.82, 2.24) is 14.9 Å². The van der Waals surface area contributed by atoms with E-state index in [1.165, 1.54) is 19.2 Å². The number of aryl methyl sites for hydroxylation is 1. The number of benzene rings is 3. The second kappa shape index (κ2) is 10.4. The third-order valence-corrected chi connectivity index (χ3v) is 5.71. The molecule has 0 aliphatic heterocycles. The van der Waals surface area contributed by atoms with Crippen LogP contribution >= 0.6 is 11.6 Å². The van der Waals surface area contributed by atoms with Gasteiger partial charge in [0.25, 0.3) is 5.91 Å². The minimum absolute atomic E-state index is 0.252. The number of carbonyl (C=O) groups is 1. The van der Waals surface area contributed by atoms with Crippen molar-refractivity contribution in [2.75, 3.05) is 7.11 Å². The highest BCUT2D eigenvalue weighted by Crippen LogP contribution is 2.30. The second-order valence-corrected chi connectivity index (χ2v) is 8.01. The fourth-order valence-electron chi connectivity index (χ4n) is 3.55. The molecule has 0 fully saturated rings.